The molecule has 1 unspecified atom stereocenters. The van der Waals surface area contributed by atoms with Gasteiger partial charge in [0.2, 0.25) is 0 Å². The Morgan fingerprint density at radius 3 is 1.90 bits per heavy atom. The van der Waals surface area contributed by atoms with E-state index in [0.29, 0.717) is 6.04 Å². The zero-order valence-corrected chi connectivity index (χ0v) is 7.18. The van der Waals surface area contributed by atoms with Crippen molar-refractivity contribution in [3.05, 3.63) is 0 Å². The van der Waals surface area contributed by atoms with Gasteiger partial charge >= 0.3 is 8.03 Å². The molecule has 0 spiro atoms. The first kappa shape index (κ1) is 10.0. The fourth-order valence-corrected chi connectivity index (χ4v) is 0.957. The van der Waals surface area contributed by atoms with Crippen LogP contribution >= 0.6 is 8.03 Å². The maximum absolute atomic E-state index is 9.15. The topological polar surface area (TPSA) is 63.3 Å². The molecule has 0 radical (unpaired) electrons. The minimum Gasteiger partial charge on any atom is -0.328 e. The molecule has 1 fully saturated rings. The van der Waals surface area contributed by atoms with Gasteiger partial charge in [0.15, 0.2) is 6.66 Å². The quantitative estimate of drug-likeness (QED) is 0.529. The van der Waals surface area contributed by atoms with Crippen LogP contribution in [-0.4, -0.2) is 17.6 Å². The average Bonchev–Trinajstić information content (AvgIpc) is 2.15. The highest BCUT2D eigenvalue weighted by Gasteiger charge is 2.07. The lowest BCUT2D eigenvalue weighted by atomic mass is 10.3. The van der Waals surface area contributed by atoms with E-state index < -0.39 is 8.03 Å². The summed E-state index contributed by atoms with van der Waals surface area (Å²) in [5.41, 5.74) is 5.53. The molecule has 0 saturated heterocycles. The van der Waals surface area contributed by atoms with E-state index in [1.807, 2.05) is 0 Å². The van der Waals surface area contributed by atoms with Gasteiger partial charge in [-0.25, -0.2) is 0 Å². The van der Waals surface area contributed by atoms with Crippen LogP contribution < -0.4 is 5.73 Å². The fourth-order valence-electron chi connectivity index (χ4n) is 0.957. The molecule has 0 heterocycles. The molecule has 0 bridgehead atoms. The van der Waals surface area contributed by atoms with E-state index in [-0.39, 0.29) is 0 Å². The zero-order chi connectivity index (χ0) is 7.98. The molecule has 1 saturated carbocycles. The molecule has 0 aromatic carbocycles. The molecular formula is C6H15NO2P+. The van der Waals surface area contributed by atoms with Crippen LogP contribution in [0.25, 0.3) is 0 Å². The Balaban J connectivity index is 0.000000180. The van der Waals surface area contributed by atoms with Gasteiger partial charge in [0.1, 0.15) is 0 Å². The first-order valence-electron chi connectivity index (χ1n) is 3.48. The van der Waals surface area contributed by atoms with Gasteiger partial charge in [-0.15, -0.1) is 0 Å². The third-order valence-corrected chi connectivity index (χ3v) is 1.40. The van der Waals surface area contributed by atoms with Crippen LogP contribution in [0.5, 0.6) is 0 Å². The molecule has 60 valence electrons. The van der Waals surface area contributed by atoms with Crippen molar-refractivity contribution < 1.29 is 9.46 Å². The summed E-state index contributed by atoms with van der Waals surface area (Å²) < 4.78 is 9.15. The van der Waals surface area contributed by atoms with E-state index in [0.717, 1.165) is 0 Å². The van der Waals surface area contributed by atoms with Crippen molar-refractivity contribution in [3.63, 3.8) is 0 Å². The molecule has 1 rings (SSSR count). The summed E-state index contributed by atoms with van der Waals surface area (Å²) in [4.78, 5) is 7.56. The fraction of sp³-hybridized carbons (Fsp3) is 1.00. The number of hydrogen-bond acceptors (Lipinski definition) is 2. The molecule has 3 nitrogen and oxygen atoms in total. The summed E-state index contributed by atoms with van der Waals surface area (Å²) in [5.74, 6) is 0. The first-order chi connectivity index (χ1) is 4.63. The Labute approximate surface area is 62.5 Å². The van der Waals surface area contributed by atoms with Crippen LogP contribution in [0.2, 0.25) is 0 Å². The van der Waals surface area contributed by atoms with Crippen molar-refractivity contribution in [1.82, 2.24) is 0 Å². The lowest BCUT2D eigenvalue weighted by molar-refractivity contribution is 0.509. The van der Waals surface area contributed by atoms with Crippen LogP contribution in [-0.2, 0) is 4.57 Å². The number of hydrogen-bond donors (Lipinski definition) is 2. The van der Waals surface area contributed by atoms with Gasteiger partial charge in [-0.05, 0) is 17.4 Å². The summed E-state index contributed by atoms with van der Waals surface area (Å²) in [7, 11) is -1.87. The van der Waals surface area contributed by atoms with Crippen molar-refractivity contribution in [3.8, 4) is 0 Å². The Morgan fingerprint density at radius 2 is 1.80 bits per heavy atom. The lowest BCUT2D eigenvalue weighted by Gasteiger charge is -1.92. The second-order valence-corrected chi connectivity index (χ2v) is 3.44. The minimum absolute atomic E-state index is 0.546. The first-order valence-corrected chi connectivity index (χ1v) is 5.14. The maximum Gasteiger partial charge on any atom is 0.502 e. The highest BCUT2D eigenvalue weighted by molar-refractivity contribution is 7.36. The SMILES string of the molecule is C[P+](=O)O.NC1CCCC1. The van der Waals surface area contributed by atoms with E-state index in [1.54, 1.807) is 0 Å². The number of rotatable bonds is 0. The second kappa shape index (κ2) is 5.78. The van der Waals surface area contributed by atoms with Crippen LogP contribution in [0.3, 0.4) is 0 Å². The predicted octanol–water partition coefficient (Wildman–Crippen LogP) is 1.24. The highest BCUT2D eigenvalue weighted by Crippen LogP contribution is 2.14. The highest BCUT2D eigenvalue weighted by atomic mass is 31.1. The maximum atomic E-state index is 9.15. The van der Waals surface area contributed by atoms with Gasteiger partial charge in [0, 0.05) is 6.04 Å². The second-order valence-electron chi connectivity index (χ2n) is 2.51. The summed E-state index contributed by atoms with van der Waals surface area (Å²) in [6.45, 7) is 1.23. The van der Waals surface area contributed by atoms with E-state index in [9.17, 15) is 0 Å². The Bertz CT molecular complexity index is 97.9. The van der Waals surface area contributed by atoms with Crippen LogP contribution in [0.4, 0.5) is 0 Å². The van der Waals surface area contributed by atoms with E-state index in [4.69, 9.17) is 15.2 Å². The van der Waals surface area contributed by atoms with Crippen molar-refractivity contribution in [2.75, 3.05) is 6.66 Å². The van der Waals surface area contributed by atoms with Crippen molar-refractivity contribution in [2.24, 2.45) is 5.73 Å². The van der Waals surface area contributed by atoms with Crippen LogP contribution in [0.1, 0.15) is 25.7 Å². The summed E-state index contributed by atoms with van der Waals surface area (Å²) >= 11 is 0. The molecule has 0 aromatic rings. The zero-order valence-electron chi connectivity index (χ0n) is 6.29. The molecule has 1 aliphatic rings. The van der Waals surface area contributed by atoms with E-state index in [2.05, 4.69) is 0 Å². The summed E-state index contributed by atoms with van der Waals surface area (Å²) in [6.07, 6.45) is 5.25. The molecule has 1 atom stereocenters. The molecule has 0 amide bonds. The lowest BCUT2D eigenvalue weighted by Crippen LogP contribution is -2.13. The summed E-state index contributed by atoms with van der Waals surface area (Å²) in [5, 5.41) is 0. The Hall–Kier alpha value is 0.0200. The van der Waals surface area contributed by atoms with Crippen LogP contribution in [0, 0.1) is 0 Å². The van der Waals surface area contributed by atoms with Gasteiger partial charge in [-0.1, -0.05) is 12.8 Å². The van der Waals surface area contributed by atoms with Crippen LogP contribution in [0.15, 0.2) is 0 Å². The minimum atomic E-state index is -1.87. The Kier molecular flexibility index (Phi) is 5.79. The standard InChI is InChI=1S/C5H11N.CH3O2P/c6-5-3-1-2-4-5;1-4(2)3/h5H,1-4,6H2;1H3/p+1. The van der Waals surface area contributed by atoms with Gasteiger partial charge < -0.3 is 5.73 Å². The normalized spacial score (nSPS) is 19.7. The van der Waals surface area contributed by atoms with E-state index >= 15 is 0 Å². The Morgan fingerprint density at radius 1 is 1.50 bits per heavy atom. The average molecular weight is 164 g/mol. The van der Waals surface area contributed by atoms with Gasteiger partial charge in [-0.3, -0.25) is 0 Å². The van der Waals surface area contributed by atoms with Gasteiger partial charge in [0.25, 0.3) is 0 Å². The predicted molar refractivity (Wildman–Crippen MR) is 42.2 cm³/mol. The van der Waals surface area contributed by atoms with E-state index in [1.165, 1.54) is 32.3 Å². The molecule has 4 heteroatoms. The third kappa shape index (κ3) is 8.02. The molecule has 0 aliphatic heterocycles. The molecule has 1 aliphatic carbocycles. The molecule has 10 heavy (non-hydrogen) atoms. The monoisotopic (exact) mass is 164 g/mol. The molecule has 0 aromatic heterocycles. The largest absolute Gasteiger partial charge is 0.502 e. The van der Waals surface area contributed by atoms with Crippen molar-refractivity contribution >= 4 is 8.03 Å². The molecular weight excluding hydrogens is 149 g/mol. The third-order valence-electron chi connectivity index (χ3n) is 1.40. The van der Waals surface area contributed by atoms with Gasteiger partial charge in [-0.2, -0.15) is 4.89 Å². The molecule has 3 N–H and O–H groups in total. The van der Waals surface area contributed by atoms with Crippen molar-refractivity contribution in [1.29, 1.82) is 0 Å². The number of nitrogens with two attached hydrogens (primary N) is 1. The summed E-state index contributed by atoms with van der Waals surface area (Å²) in [6, 6.07) is 0.546. The van der Waals surface area contributed by atoms with Crippen molar-refractivity contribution in [2.45, 2.75) is 31.7 Å². The van der Waals surface area contributed by atoms with Gasteiger partial charge in [0.05, 0.1) is 0 Å². The smallest absolute Gasteiger partial charge is 0.328 e.